The summed E-state index contributed by atoms with van der Waals surface area (Å²) in [5.41, 5.74) is 3.22. The molecular formula is C15H18ClNO3. The summed E-state index contributed by atoms with van der Waals surface area (Å²) in [5, 5.41) is 9.74. The summed E-state index contributed by atoms with van der Waals surface area (Å²) in [7, 11) is 1.24. The summed E-state index contributed by atoms with van der Waals surface area (Å²) < 4.78 is 4.65. The van der Waals surface area contributed by atoms with Gasteiger partial charge in [-0.25, -0.2) is 4.79 Å². The largest absolute Gasteiger partial charge is 0.510 e. The average Bonchev–Trinajstić information content (AvgIpc) is 2.37. The Morgan fingerprint density at radius 3 is 2.30 bits per heavy atom. The van der Waals surface area contributed by atoms with Crippen molar-refractivity contribution >= 4 is 29.0 Å². The first kappa shape index (κ1) is 16.2. The number of esters is 1. The van der Waals surface area contributed by atoms with Crippen molar-refractivity contribution in [1.82, 2.24) is 0 Å². The Hall–Kier alpha value is -1.81. The Balaban J connectivity index is 3.28. The number of aliphatic hydroxyl groups is 1. The number of nitrogens with zero attached hydrogens (tertiary/aromatic N) is 1. The molecule has 0 atom stereocenters. The fourth-order valence-corrected chi connectivity index (χ4v) is 2.04. The summed E-state index contributed by atoms with van der Waals surface area (Å²) in [4.78, 5) is 16.1. The molecule has 0 fully saturated rings. The number of alkyl halides is 1. The lowest BCUT2D eigenvalue weighted by atomic mass is 10.1. The van der Waals surface area contributed by atoms with Crippen LogP contribution in [0.15, 0.2) is 34.5 Å². The van der Waals surface area contributed by atoms with Crippen molar-refractivity contribution in [1.29, 1.82) is 0 Å². The maximum Gasteiger partial charge on any atom is 0.343 e. The standard InChI is InChI=1S/C15H18ClNO3/c1-9-5-10(2)7-12(6-9)17-11(3)14(13(18)8-16)15(19)20-4/h5-7,18H,8H2,1-4H3. The van der Waals surface area contributed by atoms with Gasteiger partial charge in [0, 0.05) is 0 Å². The fraction of sp³-hybridized carbons (Fsp3) is 0.333. The Bertz CT molecular complexity index is 556. The molecule has 5 heteroatoms. The number of aliphatic imine (C=N–C) groups is 1. The van der Waals surface area contributed by atoms with Crippen LogP contribution < -0.4 is 0 Å². The summed E-state index contributed by atoms with van der Waals surface area (Å²) in [6.45, 7) is 5.57. The minimum Gasteiger partial charge on any atom is -0.510 e. The molecule has 0 saturated heterocycles. The topological polar surface area (TPSA) is 58.9 Å². The predicted octanol–water partition coefficient (Wildman–Crippen LogP) is 3.62. The van der Waals surface area contributed by atoms with Crippen LogP contribution in [-0.4, -0.2) is 29.8 Å². The Morgan fingerprint density at radius 2 is 1.85 bits per heavy atom. The van der Waals surface area contributed by atoms with E-state index in [2.05, 4.69) is 9.73 Å². The van der Waals surface area contributed by atoms with E-state index in [-0.39, 0.29) is 17.2 Å². The van der Waals surface area contributed by atoms with Crippen LogP contribution in [0.5, 0.6) is 0 Å². The molecule has 0 aliphatic rings. The molecule has 1 aromatic rings. The molecule has 0 aliphatic carbocycles. The SMILES string of the molecule is COC(=O)C(C(C)=Nc1cc(C)cc(C)c1)=C(O)CCl. The second kappa shape index (κ2) is 7.10. The highest BCUT2D eigenvalue weighted by molar-refractivity contribution is 6.23. The van der Waals surface area contributed by atoms with Gasteiger partial charge in [-0.05, 0) is 44.0 Å². The fourth-order valence-electron chi connectivity index (χ4n) is 1.91. The third-order valence-corrected chi connectivity index (χ3v) is 2.92. The first-order valence-corrected chi connectivity index (χ1v) is 6.62. The Morgan fingerprint density at radius 1 is 1.30 bits per heavy atom. The number of methoxy groups -OCH3 is 1. The lowest BCUT2D eigenvalue weighted by Crippen LogP contribution is -2.15. The van der Waals surface area contributed by atoms with Crippen molar-refractivity contribution in [3.05, 3.63) is 40.7 Å². The Kier molecular flexibility index (Phi) is 5.77. The Labute approximate surface area is 123 Å². The van der Waals surface area contributed by atoms with Gasteiger partial charge >= 0.3 is 5.97 Å². The number of hydrogen-bond donors (Lipinski definition) is 1. The van der Waals surface area contributed by atoms with Crippen LogP contribution in [0.25, 0.3) is 0 Å². The van der Waals surface area contributed by atoms with Crippen LogP contribution in [0.1, 0.15) is 18.1 Å². The number of carbonyl (C=O) groups excluding carboxylic acids is 1. The zero-order chi connectivity index (χ0) is 15.3. The van der Waals surface area contributed by atoms with E-state index in [1.54, 1.807) is 6.92 Å². The molecule has 1 rings (SSSR count). The summed E-state index contributed by atoms with van der Waals surface area (Å²) in [6, 6.07) is 5.81. The number of benzene rings is 1. The van der Waals surface area contributed by atoms with Gasteiger partial charge in [-0.1, -0.05) is 6.07 Å². The molecule has 0 aliphatic heterocycles. The van der Waals surface area contributed by atoms with Crippen LogP contribution in [0.2, 0.25) is 0 Å². The molecule has 0 spiro atoms. The molecular weight excluding hydrogens is 278 g/mol. The quantitative estimate of drug-likeness (QED) is 0.303. The first-order chi connectivity index (χ1) is 9.38. The van der Waals surface area contributed by atoms with Crippen molar-refractivity contribution in [3.63, 3.8) is 0 Å². The predicted molar refractivity (Wildman–Crippen MR) is 81.1 cm³/mol. The monoisotopic (exact) mass is 295 g/mol. The maximum atomic E-state index is 11.7. The minimum atomic E-state index is -0.659. The second-order valence-electron chi connectivity index (χ2n) is 4.49. The van der Waals surface area contributed by atoms with Gasteiger partial charge in [0.05, 0.1) is 24.4 Å². The molecule has 0 saturated carbocycles. The number of halogens is 1. The van der Waals surface area contributed by atoms with Crippen molar-refractivity contribution in [3.8, 4) is 0 Å². The second-order valence-corrected chi connectivity index (χ2v) is 4.76. The molecule has 1 N–H and O–H groups in total. The number of aliphatic hydroxyl groups excluding tert-OH is 1. The molecule has 0 bridgehead atoms. The van der Waals surface area contributed by atoms with Gasteiger partial charge in [0.2, 0.25) is 0 Å². The van der Waals surface area contributed by atoms with Crippen LogP contribution in [-0.2, 0) is 9.53 Å². The van der Waals surface area contributed by atoms with Gasteiger partial charge in [-0.2, -0.15) is 0 Å². The van der Waals surface area contributed by atoms with E-state index in [1.807, 2.05) is 32.0 Å². The number of allylic oxidation sites excluding steroid dienone is 1. The van der Waals surface area contributed by atoms with Crippen molar-refractivity contribution in [2.75, 3.05) is 13.0 Å². The van der Waals surface area contributed by atoms with E-state index in [4.69, 9.17) is 11.6 Å². The minimum absolute atomic E-state index is 0.00154. The van der Waals surface area contributed by atoms with Crippen LogP contribution in [0.4, 0.5) is 5.69 Å². The van der Waals surface area contributed by atoms with Gasteiger partial charge in [0.25, 0.3) is 0 Å². The van der Waals surface area contributed by atoms with Crippen molar-refractivity contribution in [2.45, 2.75) is 20.8 Å². The highest BCUT2D eigenvalue weighted by Crippen LogP contribution is 2.19. The van der Waals surface area contributed by atoms with Crippen molar-refractivity contribution < 1.29 is 14.6 Å². The average molecular weight is 296 g/mol. The zero-order valence-electron chi connectivity index (χ0n) is 12.0. The van der Waals surface area contributed by atoms with Gasteiger partial charge in [-0.15, -0.1) is 11.6 Å². The smallest absolute Gasteiger partial charge is 0.343 e. The zero-order valence-corrected chi connectivity index (χ0v) is 12.8. The molecule has 0 amide bonds. The van der Waals surface area contributed by atoms with E-state index < -0.39 is 5.97 Å². The van der Waals surface area contributed by atoms with Crippen LogP contribution >= 0.6 is 11.6 Å². The molecule has 0 unspecified atom stereocenters. The molecule has 0 aromatic heterocycles. The normalized spacial score (nSPS) is 12.9. The molecule has 20 heavy (non-hydrogen) atoms. The number of aryl methyl sites for hydroxylation is 2. The molecule has 0 heterocycles. The van der Waals surface area contributed by atoms with Gasteiger partial charge < -0.3 is 9.84 Å². The lowest BCUT2D eigenvalue weighted by Gasteiger charge is -2.08. The summed E-state index contributed by atoms with van der Waals surface area (Å²) in [6.07, 6.45) is 0. The lowest BCUT2D eigenvalue weighted by molar-refractivity contribution is -0.135. The third-order valence-electron chi connectivity index (χ3n) is 2.67. The van der Waals surface area contributed by atoms with E-state index in [0.717, 1.165) is 11.1 Å². The number of hydrogen-bond acceptors (Lipinski definition) is 4. The van der Waals surface area contributed by atoms with Crippen LogP contribution in [0.3, 0.4) is 0 Å². The first-order valence-electron chi connectivity index (χ1n) is 6.09. The number of ether oxygens (including phenoxy) is 1. The van der Waals surface area contributed by atoms with E-state index >= 15 is 0 Å². The molecule has 4 nitrogen and oxygen atoms in total. The number of rotatable bonds is 4. The van der Waals surface area contributed by atoms with E-state index in [9.17, 15) is 9.90 Å². The van der Waals surface area contributed by atoms with Crippen molar-refractivity contribution in [2.24, 2.45) is 4.99 Å². The van der Waals surface area contributed by atoms with E-state index in [1.165, 1.54) is 7.11 Å². The van der Waals surface area contributed by atoms with Gasteiger partial charge in [0.1, 0.15) is 11.3 Å². The molecule has 0 radical (unpaired) electrons. The van der Waals surface area contributed by atoms with E-state index in [0.29, 0.717) is 11.4 Å². The highest BCUT2D eigenvalue weighted by atomic mass is 35.5. The van der Waals surface area contributed by atoms with Gasteiger partial charge in [0.15, 0.2) is 0 Å². The highest BCUT2D eigenvalue weighted by Gasteiger charge is 2.18. The molecule has 108 valence electrons. The summed E-state index contributed by atoms with van der Waals surface area (Å²) in [5.74, 6) is -1.08. The summed E-state index contributed by atoms with van der Waals surface area (Å²) >= 11 is 5.57. The van der Waals surface area contributed by atoms with Crippen LogP contribution in [0, 0.1) is 13.8 Å². The van der Waals surface area contributed by atoms with Gasteiger partial charge in [-0.3, -0.25) is 4.99 Å². The molecule has 1 aromatic carbocycles. The maximum absolute atomic E-state index is 11.7. The number of carbonyl (C=O) groups is 1. The third kappa shape index (κ3) is 4.10.